The lowest BCUT2D eigenvalue weighted by molar-refractivity contribution is 0.0171. The van der Waals surface area contributed by atoms with Crippen LogP contribution in [-0.4, -0.2) is 181 Å². The number of rotatable bonds is 20. The maximum Gasteiger partial charge on any atom is 0.410 e. The van der Waals surface area contributed by atoms with Gasteiger partial charge in [-0.3, -0.25) is 4.79 Å². The number of carbonyl (C=O) groups excluding carboxylic acids is 3. The quantitative estimate of drug-likeness (QED) is 0.0111. The van der Waals surface area contributed by atoms with Crippen molar-refractivity contribution >= 4 is 112 Å². The van der Waals surface area contributed by atoms with Gasteiger partial charge in [-0.2, -0.15) is 0 Å². The number of nitrogens with zero attached hydrogens (tertiary/aromatic N) is 8. The molecule has 0 unspecified atom stereocenters. The molecule has 0 saturated carbocycles. The first-order valence-corrected chi connectivity index (χ1v) is 59.9. The zero-order valence-corrected chi connectivity index (χ0v) is 93.0. The summed E-state index contributed by atoms with van der Waals surface area (Å²) in [5.74, 6) is 2.47. The number of likely N-dealkylation sites (tertiary alicyclic amines) is 2. The summed E-state index contributed by atoms with van der Waals surface area (Å²) in [7, 11) is -7.94. The fraction of sp³-hybridized carbons (Fsp3) is 0.519. The number of phenolic OH excluding ortho intramolecular Hbond substituents is 5. The fourth-order valence-electron chi connectivity index (χ4n) is 14.3. The molecule has 0 bridgehead atoms. The average molecular weight is 2040 g/mol. The number of Topliss-reactive ketones (excluding diaryl/α,β-unsaturated/α-hetero) is 1. The highest BCUT2D eigenvalue weighted by atomic mass is 28.4. The second-order valence-electron chi connectivity index (χ2n) is 44.6. The molecule has 778 valence electrons. The Bertz CT molecular complexity index is 6290. The normalized spacial score (nSPS) is 14.0. The smallest absolute Gasteiger partial charge is 0.410 e. The van der Waals surface area contributed by atoms with Crippen LogP contribution in [0.5, 0.6) is 51.7 Å². The lowest BCUT2D eigenvalue weighted by Crippen LogP contribution is -2.44. The van der Waals surface area contributed by atoms with Gasteiger partial charge in [-0.1, -0.05) is 114 Å². The Morgan fingerprint density at radius 2 is 0.711 bits per heavy atom. The molecule has 0 atom stereocenters. The number of aryl methyl sites for hydroxylation is 5. The number of fused-ring (bicyclic) bond motifs is 5. The minimum atomic E-state index is -2.08. The molecule has 32 nitrogen and oxygen atoms in total. The van der Waals surface area contributed by atoms with E-state index in [2.05, 4.69) is 191 Å². The predicted molar refractivity (Wildman–Crippen MR) is 562 cm³/mol. The molecule has 2 aliphatic rings. The fourth-order valence-corrected chi connectivity index (χ4v) is 18.3. The molecule has 12 aromatic rings. The molecule has 7 heterocycles. The van der Waals surface area contributed by atoms with Crippen LogP contribution >= 0.6 is 0 Å². The molecule has 0 radical (unpaired) electrons. The predicted octanol–water partition coefficient (Wildman–Crippen LogP) is 25.7. The number of carbonyl (C=O) groups is 3. The lowest BCUT2D eigenvalue weighted by Gasteiger charge is -2.38. The number of aliphatic hydroxyl groups excluding tert-OH is 2. The Morgan fingerprint density at radius 1 is 0.394 bits per heavy atom. The van der Waals surface area contributed by atoms with Crippen LogP contribution in [0.3, 0.4) is 0 Å². The molecule has 2 aliphatic heterocycles. The molecule has 0 aliphatic carbocycles. The number of aromatic nitrogens is 5. The van der Waals surface area contributed by atoms with Gasteiger partial charge in [0.2, 0.25) is 16.6 Å². The zero-order chi connectivity index (χ0) is 106. The topological polar surface area (TPSA) is 458 Å². The Labute approximate surface area is 838 Å². The summed E-state index contributed by atoms with van der Waals surface area (Å²) in [5, 5.41) is 120. The van der Waals surface area contributed by atoms with Gasteiger partial charge in [-0.25, -0.2) is 9.59 Å². The maximum atomic E-state index is 12.4. The molecule has 142 heavy (non-hydrogen) atoms. The standard InChI is InChI=1S/C32H56N2O5Si2.C21H37NO3Si2.C20H28N2O5.C9H9NO3.C8H9NO3.C8H7NO2.C8H8O3/c1-30(2,3)37-29(35)34-20-18-23(19-21-34)14-16-26-24-15-17-27(39-41(12,13)32(7,8)9)25(28(24)38-33-26)22-36-40(10,11)31(4,5)6;1-15-16-12-13-18(25-27(10,11)21(5,6)7)17(19(16)24-22-15)14-23-26(8,9)20(2,3)4;1-20(2,3)26-19(25)22-10-8-13(9-11-22)4-6-16-14-5-7-17(24)15(12-23)18(14)27-21-16;1-5-6-2-3-8(12)7(4-11)9(6)13-10-5;1-5(9-12)7-3-2-6(10)4-8(7)11;1-5-7-3-2-6(10)4-8(7)11-9-5;1-5(9)7-3-2-6(10)4-8(7)11/h15,17,23H,14,16,18-22H2,1-13H3;12-13H,14H2,1-11H3;5,7,13,23-24H,4,6,8-12H2,1-3H3;2-3,11-12H,4H2,1H3;2-4,10-12H,1H3;2-4,10H,1H3;2-4,10-11H,1H3/b;;;;9-5+;;. The Kier molecular flexibility index (Phi) is 38.6. The van der Waals surface area contributed by atoms with Crippen molar-refractivity contribution in [2.24, 2.45) is 17.0 Å². The number of hydrogen-bond acceptors (Lipinski definition) is 30. The average Bonchev–Trinajstić information content (AvgIpc) is 1.52. The van der Waals surface area contributed by atoms with Crippen LogP contribution < -0.4 is 8.85 Å². The van der Waals surface area contributed by atoms with Gasteiger partial charge in [0.1, 0.15) is 62.9 Å². The third kappa shape index (κ3) is 30.8. The van der Waals surface area contributed by atoms with Crippen LogP contribution in [0.2, 0.25) is 72.5 Å². The monoisotopic (exact) mass is 2040 g/mol. The van der Waals surface area contributed by atoms with Crippen LogP contribution in [0.15, 0.2) is 131 Å². The van der Waals surface area contributed by atoms with Crippen LogP contribution in [0, 0.1) is 32.6 Å². The molecule has 10 N–H and O–H groups in total. The molecular weight excluding hydrogens is 1880 g/mol. The molecule has 7 aromatic carbocycles. The number of hydrogen-bond donors (Lipinski definition) is 10. The van der Waals surface area contributed by atoms with E-state index in [-0.39, 0.29) is 97.1 Å². The van der Waals surface area contributed by atoms with Crippen molar-refractivity contribution in [3.05, 3.63) is 165 Å². The second kappa shape index (κ2) is 47.3. The van der Waals surface area contributed by atoms with E-state index < -0.39 is 44.5 Å². The summed E-state index contributed by atoms with van der Waals surface area (Å²) in [5.41, 5.74) is 10.2. The van der Waals surface area contributed by atoms with Gasteiger partial charge in [-0.05, 0) is 297 Å². The van der Waals surface area contributed by atoms with Gasteiger partial charge < -0.3 is 111 Å². The Hall–Kier alpha value is -11.5. The van der Waals surface area contributed by atoms with Crippen molar-refractivity contribution in [3.8, 4) is 51.7 Å². The number of amides is 2. The molecular formula is C106H154N8O24Si4. The summed E-state index contributed by atoms with van der Waals surface area (Å²) in [6, 6.07) is 27.8. The summed E-state index contributed by atoms with van der Waals surface area (Å²) in [4.78, 5) is 38.9. The third-order valence-corrected chi connectivity index (χ3v) is 45.0. The third-order valence-electron chi connectivity index (χ3n) is 27.4. The number of phenols is 7. The highest BCUT2D eigenvalue weighted by Crippen LogP contribution is 2.47. The van der Waals surface area contributed by atoms with Gasteiger partial charge in [0, 0.05) is 76.9 Å². The van der Waals surface area contributed by atoms with Gasteiger partial charge in [0.05, 0.1) is 88.4 Å². The van der Waals surface area contributed by atoms with Crippen LogP contribution in [0.4, 0.5) is 9.59 Å². The maximum absolute atomic E-state index is 12.4. The number of ketones is 1. The number of benzene rings is 7. The van der Waals surface area contributed by atoms with Crippen molar-refractivity contribution < 1.29 is 115 Å². The number of aliphatic hydroxyl groups is 2. The summed E-state index contributed by atoms with van der Waals surface area (Å²) >= 11 is 0. The molecule has 14 rings (SSSR count). The zero-order valence-electron chi connectivity index (χ0n) is 89.0. The van der Waals surface area contributed by atoms with E-state index in [9.17, 15) is 34.8 Å². The minimum absolute atomic E-state index is 0.0159. The first-order chi connectivity index (χ1) is 65.7. The van der Waals surface area contributed by atoms with Crippen molar-refractivity contribution in [1.29, 1.82) is 0 Å². The van der Waals surface area contributed by atoms with E-state index in [4.69, 9.17) is 80.5 Å². The number of ether oxygens (including phenoxy) is 2. The van der Waals surface area contributed by atoms with E-state index in [1.54, 1.807) is 48.2 Å². The molecule has 2 fully saturated rings. The summed E-state index contributed by atoms with van der Waals surface area (Å²) in [6.45, 7) is 68.5. The van der Waals surface area contributed by atoms with Gasteiger partial charge in [0.25, 0.3) is 0 Å². The van der Waals surface area contributed by atoms with E-state index >= 15 is 0 Å². The highest BCUT2D eigenvalue weighted by molar-refractivity contribution is 6.76. The van der Waals surface area contributed by atoms with Gasteiger partial charge in [-0.15, -0.1) is 0 Å². The number of aromatic hydroxyl groups is 7. The van der Waals surface area contributed by atoms with E-state index in [0.29, 0.717) is 77.3 Å². The molecule has 5 aromatic heterocycles. The summed E-state index contributed by atoms with van der Waals surface area (Å²) < 4.78 is 64.7. The molecule has 36 heteroatoms. The SMILES string of the molecule is C/C(=N\O)c1ccc(O)cc1O.CC(=O)c1ccc(O)cc1O.CC(C)(C)OC(=O)N1CCC(CCc2noc3c(CO)c(O)ccc23)CC1.CC(C)(C)OC(=O)N1CCC(CCc2noc3c(CO[Si](C)(C)C(C)(C)C)c(O[Si](C)(C)C(C)(C)C)ccc23)CC1.Cc1noc2c(CO)c(O)ccc12.Cc1noc2c(CO[Si](C)(C)C(C)(C)C)c(O[Si](C)(C)C(C)(C)C)ccc12.Cc1noc2cc(O)ccc12. The van der Waals surface area contributed by atoms with Gasteiger partial charge in [0.15, 0.2) is 50.3 Å². The van der Waals surface area contributed by atoms with Crippen molar-refractivity contribution in [2.75, 3.05) is 26.2 Å². The van der Waals surface area contributed by atoms with Crippen LogP contribution in [0.1, 0.15) is 244 Å². The lowest BCUT2D eigenvalue weighted by atomic mass is 9.91. The highest BCUT2D eigenvalue weighted by Gasteiger charge is 2.44. The first kappa shape index (κ1) is 116. The molecule has 0 spiro atoms. The van der Waals surface area contributed by atoms with Crippen LogP contribution in [0.25, 0.3) is 54.8 Å². The van der Waals surface area contributed by atoms with E-state index in [0.717, 1.165) is 160 Å². The Balaban J connectivity index is 0.000000215. The summed E-state index contributed by atoms with van der Waals surface area (Å²) in [6.07, 6.45) is 6.97. The first-order valence-electron chi connectivity index (χ1n) is 48.3. The van der Waals surface area contributed by atoms with Gasteiger partial charge >= 0.3 is 12.2 Å². The van der Waals surface area contributed by atoms with E-state index in [1.807, 2.05) is 67.2 Å². The second-order valence-corrected chi connectivity index (χ2v) is 63.7. The minimum Gasteiger partial charge on any atom is -0.543 e. The number of oxime groups is 1. The van der Waals surface area contributed by atoms with Crippen molar-refractivity contribution in [1.82, 2.24) is 35.6 Å². The number of piperidine rings is 2. The molecule has 2 amide bonds. The Morgan fingerprint density at radius 3 is 1.08 bits per heavy atom. The molecule has 2 saturated heterocycles. The van der Waals surface area contributed by atoms with Crippen molar-refractivity contribution in [3.63, 3.8) is 0 Å². The largest absolute Gasteiger partial charge is 0.543 e. The van der Waals surface area contributed by atoms with Crippen LogP contribution in [-0.2, 0) is 57.6 Å². The van der Waals surface area contributed by atoms with Crippen molar-refractivity contribution in [2.45, 2.75) is 321 Å². The van der Waals surface area contributed by atoms with E-state index in [1.165, 1.54) is 43.3 Å².